The Morgan fingerprint density at radius 3 is 2.60 bits per heavy atom. The van der Waals surface area contributed by atoms with E-state index in [0.717, 1.165) is 9.96 Å². The van der Waals surface area contributed by atoms with Crippen molar-refractivity contribution in [3.63, 3.8) is 0 Å². The highest BCUT2D eigenvalue weighted by Gasteiger charge is 2.40. The molecule has 0 radical (unpaired) electrons. The number of benzene rings is 1. The van der Waals surface area contributed by atoms with Gasteiger partial charge in [0.1, 0.15) is 10.5 Å². The summed E-state index contributed by atoms with van der Waals surface area (Å²) in [6.07, 6.45) is -2.44. The maximum absolute atomic E-state index is 13.7. The van der Waals surface area contributed by atoms with E-state index in [1.54, 1.807) is 39.0 Å². The average Bonchev–Trinajstić information content (AvgIpc) is 3.31. The van der Waals surface area contributed by atoms with Gasteiger partial charge in [-0.25, -0.2) is 13.4 Å². The fourth-order valence-electron chi connectivity index (χ4n) is 5.25. The van der Waals surface area contributed by atoms with E-state index in [9.17, 15) is 31.5 Å². The number of carboxylic acids is 1. The van der Waals surface area contributed by atoms with Gasteiger partial charge in [0, 0.05) is 24.9 Å². The van der Waals surface area contributed by atoms with E-state index in [1.807, 2.05) is 6.92 Å². The minimum atomic E-state index is -4.72. The molecule has 0 spiro atoms. The molecule has 0 amide bonds. The topological polar surface area (TPSA) is 127 Å². The lowest BCUT2D eigenvalue weighted by molar-refractivity contribution is -0.145. The predicted octanol–water partition coefficient (Wildman–Crippen LogP) is 4.73. The van der Waals surface area contributed by atoms with Gasteiger partial charge in [-0.2, -0.15) is 17.5 Å². The zero-order valence-electron chi connectivity index (χ0n) is 23.2. The van der Waals surface area contributed by atoms with Gasteiger partial charge < -0.3 is 9.84 Å². The Bertz CT molecular complexity index is 1800. The summed E-state index contributed by atoms with van der Waals surface area (Å²) < 4.78 is 75.7. The van der Waals surface area contributed by atoms with E-state index in [-0.39, 0.29) is 35.9 Å². The molecule has 3 aromatic heterocycles. The van der Waals surface area contributed by atoms with Crippen LogP contribution in [0, 0.1) is 13.8 Å². The van der Waals surface area contributed by atoms with Crippen molar-refractivity contribution < 1.29 is 36.2 Å². The highest BCUT2D eigenvalue weighted by Crippen LogP contribution is 2.37. The largest absolute Gasteiger partial charge is 0.481 e. The van der Waals surface area contributed by atoms with Crippen molar-refractivity contribution in [3.8, 4) is 5.88 Å². The van der Waals surface area contributed by atoms with Crippen molar-refractivity contribution in [1.29, 1.82) is 0 Å². The number of fused-ring (bicyclic) bond motifs is 2. The fraction of sp³-hybridized carbons (Fsp3) is 0.357. The molecule has 0 bridgehead atoms. The Balaban J connectivity index is 1.57. The molecule has 14 heteroatoms. The van der Waals surface area contributed by atoms with Gasteiger partial charge >= 0.3 is 12.1 Å². The first-order chi connectivity index (χ1) is 19.6. The van der Waals surface area contributed by atoms with Gasteiger partial charge in [0.25, 0.3) is 0 Å². The molecule has 1 aliphatic heterocycles. The van der Waals surface area contributed by atoms with Crippen molar-refractivity contribution in [2.45, 2.75) is 63.3 Å². The normalized spacial score (nSPS) is 17.3. The van der Waals surface area contributed by atoms with Crippen molar-refractivity contribution in [3.05, 3.63) is 82.4 Å². The number of aliphatic carboxylic acids is 1. The number of hydrogen-bond acceptors (Lipinski definition) is 7. The first kappa shape index (κ1) is 29.5. The number of carbonyl (C=O) groups is 1. The minimum absolute atomic E-state index is 0.0185. The lowest BCUT2D eigenvalue weighted by Gasteiger charge is -2.29. The number of halogens is 3. The highest BCUT2D eigenvalue weighted by molar-refractivity contribution is 7.89. The van der Waals surface area contributed by atoms with E-state index < -0.39 is 39.5 Å². The minimum Gasteiger partial charge on any atom is -0.481 e. The van der Waals surface area contributed by atoms with Gasteiger partial charge in [-0.15, -0.1) is 10.2 Å². The maximum atomic E-state index is 13.7. The van der Waals surface area contributed by atoms with E-state index in [4.69, 9.17) is 4.74 Å². The number of ether oxygens (including phenoxy) is 1. The molecule has 1 N–H and O–H groups in total. The first-order valence-corrected chi connectivity index (χ1v) is 14.4. The van der Waals surface area contributed by atoms with E-state index in [2.05, 4.69) is 15.2 Å². The summed E-state index contributed by atoms with van der Waals surface area (Å²) >= 11 is 0. The number of pyridine rings is 2. The van der Waals surface area contributed by atoms with Crippen LogP contribution in [-0.2, 0) is 27.5 Å². The first-order valence-electron chi connectivity index (χ1n) is 13.0. The van der Waals surface area contributed by atoms with Crippen LogP contribution in [0.4, 0.5) is 13.2 Å². The molecule has 1 atom stereocenters. The Kier molecular flexibility index (Phi) is 7.26. The summed E-state index contributed by atoms with van der Waals surface area (Å²) in [5, 5.41) is 16.8. The van der Waals surface area contributed by atoms with Crippen molar-refractivity contribution in [2.24, 2.45) is 0 Å². The van der Waals surface area contributed by atoms with E-state index in [0.29, 0.717) is 22.3 Å². The second kappa shape index (κ2) is 10.3. The summed E-state index contributed by atoms with van der Waals surface area (Å²) in [6.45, 7) is 6.91. The van der Waals surface area contributed by atoms with Crippen LogP contribution < -0.4 is 4.74 Å². The SMILES string of the molecule is Cc1ccc([C@H](CC(=O)O)c2ccn3c(C(F)(F)F)nnc3c2C)cc1CN1CC(C)(C)Oc2ncccc2S1(=O)=O. The van der Waals surface area contributed by atoms with Gasteiger partial charge in [-0.3, -0.25) is 9.20 Å². The molecule has 5 rings (SSSR count). The number of aryl methyl sites for hydroxylation is 2. The van der Waals surface area contributed by atoms with Crippen LogP contribution in [-0.4, -0.2) is 55.5 Å². The smallest absolute Gasteiger partial charge is 0.452 e. The molecule has 0 unspecified atom stereocenters. The van der Waals surface area contributed by atoms with Gasteiger partial charge in [0.15, 0.2) is 5.65 Å². The van der Waals surface area contributed by atoms with Crippen LogP contribution in [0.25, 0.3) is 5.65 Å². The van der Waals surface area contributed by atoms with Crippen LogP contribution in [0.15, 0.2) is 53.7 Å². The standard InChI is InChI=1S/C28H28F3N5O5S/c1-16-7-8-18(12-19(16)14-35-15-27(3,4)41-25-22(42(35,39)40)6-5-10-32-25)21(13-23(37)38)20-9-11-36-24(17(20)2)33-34-26(36)28(29,30)31/h5-12,21H,13-15H2,1-4H3,(H,37,38)/t21-/m0/s1. The molecule has 1 aliphatic rings. The lowest BCUT2D eigenvalue weighted by atomic mass is 9.85. The molecule has 1 aromatic carbocycles. The Morgan fingerprint density at radius 1 is 1.17 bits per heavy atom. The zero-order chi connectivity index (χ0) is 30.6. The molecule has 4 aromatic rings. The summed E-state index contributed by atoms with van der Waals surface area (Å²) in [5.74, 6) is -3.04. The number of rotatable bonds is 6. The molecular weight excluding hydrogens is 575 g/mol. The van der Waals surface area contributed by atoms with Gasteiger partial charge in [-0.05, 0) is 73.7 Å². The van der Waals surface area contributed by atoms with Crippen LogP contribution in [0.5, 0.6) is 5.88 Å². The molecule has 42 heavy (non-hydrogen) atoms. The zero-order valence-corrected chi connectivity index (χ0v) is 24.0. The summed E-state index contributed by atoms with van der Waals surface area (Å²) in [7, 11) is -4.01. The second-order valence-electron chi connectivity index (χ2n) is 10.9. The van der Waals surface area contributed by atoms with E-state index in [1.165, 1.54) is 34.9 Å². The number of carboxylic acid groups (broad SMARTS) is 1. The van der Waals surface area contributed by atoms with Gasteiger partial charge in [-0.1, -0.05) is 18.2 Å². The third kappa shape index (κ3) is 5.43. The second-order valence-corrected chi connectivity index (χ2v) is 12.8. The average molecular weight is 604 g/mol. The van der Waals surface area contributed by atoms with Crippen molar-refractivity contribution in [1.82, 2.24) is 23.9 Å². The Labute approximate surface area is 239 Å². The maximum Gasteiger partial charge on any atom is 0.452 e. The number of nitrogens with zero attached hydrogens (tertiary/aromatic N) is 5. The molecular formula is C28H28F3N5O5S. The number of aromatic nitrogens is 4. The number of sulfonamides is 1. The molecule has 4 heterocycles. The summed E-state index contributed by atoms with van der Waals surface area (Å²) in [6, 6.07) is 9.65. The molecule has 0 fully saturated rings. The molecule has 222 valence electrons. The molecule has 0 aliphatic carbocycles. The van der Waals surface area contributed by atoms with Crippen molar-refractivity contribution in [2.75, 3.05) is 6.54 Å². The van der Waals surface area contributed by atoms with Crippen LogP contribution >= 0.6 is 0 Å². The molecule has 0 saturated carbocycles. The van der Waals surface area contributed by atoms with Gasteiger partial charge in [0.05, 0.1) is 13.0 Å². The highest BCUT2D eigenvalue weighted by atomic mass is 32.2. The van der Waals surface area contributed by atoms with Gasteiger partial charge in [0.2, 0.25) is 21.7 Å². The van der Waals surface area contributed by atoms with Crippen molar-refractivity contribution >= 4 is 21.6 Å². The summed E-state index contributed by atoms with van der Waals surface area (Å²) in [5.41, 5.74) is 1.86. The lowest BCUT2D eigenvalue weighted by Crippen LogP contribution is -2.42. The third-order valence-electron chi connectivity index (χ3n) is 7.28. The van der Waals surface area contributed by atoms with Crippen LogP contribution in [0.3, 0.4) is 0 Å². The monoisotopic (exact) mass is 603 g/mol. The molecule has 10 nitrogen and oxygen atoms in total. The number of alkyl halides is 3. The third-order valence-corrected chi connectivity index (χ3v) is 9.09. The molecule has 0 saturated heterocycles. The Morgan fingerprint density at radius 2 is 1.90 bits per heavy atom. The quantitative estimate of drug-likeness (QED) is 0.335. The van der Waals surface area contributed by atoms with Crippen LogP contribution in [0.2, 0.25) is 0 Å². The van der Waals surface area contributed by atoms with Crippen LogP contribution in [0.1, 0.15) is 59.8 Å². The fourth-order valence-corrected chi connectivity index (χ4v) is 6.88. The predicted molar refractivity (Wildman–Crippen MR) is 145 cm³/mol. The summed E-state index contributed by atoms with van der Waals surface area (Å²) in [4.78, 5) is 16.0. The van der Waals surface area contributed by atoms with E-state index >= 15 is 0 Å². The Hall–Kier alpha value is -4.04. The number of hydrogen-bond donors (Lipinski definition) is 1.